The molecule has 0 aliphatic rings. The highest BCUT2D eigenvalue weighted by Crippen LogP contribution is 2.33. The number of nitro benzene ring substituents is 1. The number of aliphatic hydroxyl groups is 1. The van der Waals surface area contributed by atoms with Crippen LogP contribution in [0.1, 0.15) is 5.56 Å². The molecule has 0 bridgehead atoms. The first-order chi connectivity index (χ1) is 8.01. The van der Waals surface area contributed by atoms with Crippen LogP contribution in [0.15, 0.2) is 16.6 Å². The van der Waals surface area contributed by atoms with Crippen LogP contribution in [0.4, 0.5) is 11.4 Å². The van der Waals surface area contributed by atoms with E-state index in [4.69, 9.17) is 10.4 Å². The van der Waals surface area contributed by atoms with E-state index in [9.17, 15) is 10.1 Å². The minimum atomic E-state index is -0.545. The van der Waals surface area contributed by atoms with Crippen LogP contribution in [-0.2, 0) is 0 Å². The number of anilines is 1. The predicted octanol–water partition coefficient (Wildman–Crippen LogP) is 1.66. The lowest BCUT2D eigenvalue weighted by Crippen LogP contribution is -2.22. The number of nitro groups is 1. The molecule has 1 rings (SSSR count). The van der Waals surface area contributed by atoms with Gasteiger partial charge in [-0.05, 0) is 22.0 Å². The monoisotopic (exact) mass is 299 g/mol. The summed E-state index contributed by atoms with van der Waals surface area (Å²) in [6.07, 6.45) is 0. The van der Waals surface area contributed by atoms with Crippen LogP contribution in [0.3, 0.4) is 0 Å². The van der Waals surface area contributed by atoms with E-state index in [-0.39, 0.29) is 24.4 Å². The van der Waals surface area contributed by atoms with Gasteiger partial charge in [-0.25, -0.2) is 0 Å². The van der Waals surface area contributed by atoms with Crippen LogP contribution in [-0.4, -0.2) is 30.2 Å². The average Bonchev–Trinajstić information content (AvgIpc) is 2.28. The average molecular weight is 300 g/mol. The lowest BCUT2D eigenvalue weighted by molar-refractivity contribution is -0.384. The number of nitrogens with zero attached hydrogens (tertiary/aromatic N) is 3. The molecule has 90 valence electrons. The second-order valence-corrected chi connectivity index (χ2v) is 4.19. The van der Waals surface area contributed by atoms with Gasteiger partial charge in [-0.1, -0.05) is 0 Å². The maximum absolute atomic E-state index is 10.9. The summed E-state index contributed by atoms with van der Waals surface area (Å²) in [6.45, 7) is 0.171. The van der Waals surface area contributed by atoms with Gasteiger partial charge in [-0.3, -0.25) is 10.1 Å². The van der Waals surface area contributed by atoms with Crippen LogP contribution < -0.4 is 4.90 Å². The molecular weight excluding hydrogens is 290 g/mol. The normalized spacial score (nSPS) is 9.76. The third-order valence-electron chi connectivity index (χ3n) is 2.23. The molecule has 0 aliphatic heterocycles. The summed E-state index contributed by atoms with van der Waals surface area (Å²) in [4.78, 5) is 11.9. The Kier molecular flexibility index (Phi) is 4.43. The first-order valence-corrected chi connectivity index (χ1v) is 5.50. The Labute approximate surface area is 106 Å². The van der Waals surface area contributed by atoms with Crippen LogP contribution in [0.25, 0.3) is 0 Å². The van der Waals surface area contributed by atoms with Gasteiger partial charge < -0.3 is 10.0 Å². The SMILES string of the molecule is CN(CCO)c1cc(Br)c(C#N)cc1[N+](=O)[O-]. The molecule has 0 atom stereocenters. The Morgan fingerprint density at radius 3 is 2.76 bits per heavy atom. The summed E-state index contributed by atoms with van der Waals surface area (Å²) in [7, 11) is 1.64. The number of benzene rings is 1. The van der Waals surface area contributed by atoms with Crippen molar-refractivity contribution in [2.24, 2.45) is 0 Å². The van der Waals surface area contributed by atoms with Gasteiger partial charge in [-0.2, -0.15) is 5.26 Å². The number of nitriles is 1. The standard InChI is InChI=1S/C10H10BrN3O3/c1-13(2-3-15)9-5-8(11)7(6-12)4-10(9)14(16)17/h4-5,15H,2-3H2,1H3. The van der Waals surface area contributed by atoms with Crippen molar-refractivity contribution in [3.63, 3.8) is 0 Å². The number of hydrogen-bond acceptors (Lipinski definition) is 5. The van der Waals surface area contributed by atoms with E-state index in [1.807, 2.05) is 6.07 Å². The maximum Gasteiger partial charge on any atom is 0.293 e. The number of likely N-dealkylation sites (N-methyl/N-ethyl adjacent to an activating group) is 1. The quantitative estimate of drug-likeness (QED) is 0.674. The Morgan fingerprint density at radius 2 is 2.29 bits per heavy atom. The third-order valence-corrected chi connectivity index (χ3v) is 2.88. The molecule has 1 aromatic carbocycles. The molecule has 0 saturated carbocycles. The van der Waals surface area contributed by atoms with Gasteiger partial charge in [0.2, 0.25) is 0 Å². The number of hydrogen-bond donors (Lipinski definition) is 1. The molecule has 17 heavy (non-hydrogen) atoms. The first kappa shape index (κ1) is 13.4. The van der Waals surface area contributed by atoms with Crippen molar-refractivity contribution in [1.29, 1.82) is 5.26 Å². The van der Waals surface area contributed by atoms with Crippen molar-refractivity contribution in [3.05, 3.63) is 32.3 Å². The second-order valence-electron chi connectivity index (χ2n) is 3.33. The Hall–Kier alpha value is -1.65. The molecule has 6 nitrogen and oxygen atoms in total. The molecule has 1 N–H and O–H groups in total. The minimum Gasteiger partial charge on any atom is -0.395 e. The zero-order valence-corrected chi connectivity index (χ0v) is 10.6. The van der Waals surface area contributed by atoms with E-state index in [2.05, 4.69) is 15.9 Å². The Bertz CT molecular complexity index is 484. The van der Waals surface area contributed by atoms with Gasteiger partial charge in [0, 0.05) is 24.1 Å². The molecule has 1 aromatic rings. The second kappa shape index (κ2) is 5.61. The van der Waals surface area contributed by atoms with Gasteiger partial charge in [0.25, 0.3) is 5.69 Å². The number of halogens is 1. The summed E-state index contributed by atoms with van der Waals surface area (Å²) in [5.74, 6) is 0. The summed E-state index contributed by atoms with van der Waals surface area (Å²) in [6, 6.07) is 4.59. The zero-order chi connectivity index (χ0) is 13.0. The van der Waals surface area contributed by atoms with Crippen molar-refractivity contribution >= 4 is 27.3 Å². The topological polar surface area (TPSA) is 90.4 Å². The molecule has 0 fully saturated rings. The molecule has 0 spiro atoms. The molecule has 0 saturated heterocycles. The molecule has 0 aromatic heterocycles. The van der Waals surface area contributed by atoms with E-state index in [1.165, 1.54) is 12.1 Å². The smallest absolute Gasteiger partial charge is 0.293 e. The lowest BCUT2D eigenvalue weighted by atomic mass is 10.1. The van der Waals surface area contributed by atoms with Gasteiger partial charge >= 0.3 is 0 Å². The first-order valence-electron chi connectivity index (χ1n) is 4.71. The van der Waals surface area contributed by atoms with E-state index >= 15 is 0 Å². The van der Waals surface area contributed by atoms with Crippen molar-refractivity contribution in [2.75, 3.05) is 25.1 Å². The molecule has 0 radical (unpaired) electrons. The van der Waals surface area contributed by atoms with Gasteiger partial charge in [0.15, 0.2) is 0 Å². The molecule has 0 heterocycles. The van der Waals surface area contributed by atoms with Crippen LogP contribution >= 0.6 is 15.9 Å². The van der Waals surface area contributed by atoms with Gasteiger partial charge in [0.1, 0.15) is 11.8 Å². The summed E-state index contributed by atoms with van der Waals surface area (Å²) in [5.41, 5.74) is 0.411. The van der Waals surface area contributed by atoms with E-state index < -0.39 is 4.92 Å². The highest BCUT2D eigenvalue weighted by atomic mass is 79.9. The number of aliphatic hydroxyl groups excluding tert-OH is 1. The van der Waals surface area contributed by atoms with E-state index in [0.29, 0.717) is 10.2 Å². The number of rotatable bonds is 4. The van der Waals surface area contributed by atoms with Crippen molar-refractivity contribution in [3.8, 4) is 6.07 Å². The predicted molar refractivity (Wildman–Crippen MR) is 65.9 cm³/mol. The fourth-order valence-corrected chi connectivity index (χ4v) is 1.78. The fourth-order valence-electron chi connectivity index (χ4n) is 1.36. The van der Waals surface area contributed by atoms with Crippen molar-refractivity contribution in [1.82, 2.24) is 0 Å². The minimum absolute atomic E-state index is 0.106. The molecule has 0 unspecified atom stereocenters. The van der Waals surface area contributed by atoms with E-state index in [0.717, 1.165) is 0 Å². The Morgan fingerprint density at radius 1 is 1.65 bits per heavy atom. The highest BCUT2D eigenvalue weighted by molar-refractivity contribution is 9.10. The van der Waals surface area contributed by atoms with E-state index in [1.54, 1.807) is 11.9 Å². The summed E-state index contributed by atoms with van der Waals surface area (Å²) < 4.78 is 0.491. The fraction of sp³-hybridized carbons (Fsp3) is 0.300. The Balaban J connectivity index is 3.33. The summed E-state index contributed by atoms with van der Waals surface area (Å²) >= 11 is 3.18. The molecular formula is C10H10BrN3O3. The zero-order valence-electron chi connectivity index (χ0n) is 9.05. The third kappa shape index (κ3) is 2.93. The van der Waals surface area contributed by atoms with Gasteiger partial charge in [-0.15, -0.1) is 0 Å². The molecule has 0 amide bonds. The summed E-state index contributed by atoms with van der Waals surface area (Å²) in [5, 5.41) is 28.5. The molecule has 7 heteroatoms. The van der Waals surface area contributed by atoms with Crippen LogP contribution in [0.5, 0.6) is 0 Å². The van der Waals surface area contributed by atoms with Crippen molar-refractivity contribution < 1.29 is 10.0 Å². The van der Waals surface area contributed by atoms with Gasteiger partial charge in [0.05, 0.1) is 17.1 Å². The van der Waals surface area contributed by atoms with Crippen LogP contribution in [0, 0.1) is 21.4 Å². The highest BCUT2D eigenvalue weighted by Gasteiger charge is 2.20. The van der Waals surface area contributed by atoms with Crippen LogP contribution in [0.2, 0.25) is 0 Å². The molecule has 0 aliphatic carbocycles. The van der Waals surface area contributed by atoms with Crippen molar-refractivity contribution in [2.45, 2.75) is 0 Å². The lowest BCUT2D eigenvalue weighted by Gasteiger charge is -2.18. The largest absolute Gasteiger partial charge is 0.395 e. The maximum atomic E-state index is 10.9.